The summed E-state index contributed by atoms with van der Waals surface area (Å²) in [5, 5.41) is 16.3. The topological polar surface area (TPSA) is 130 Å². The van der Waals surface area contributed by atoms with E-state index in [9.17, 15) is 19.5 Å². The fourth-order valence-corrected chi connectivity index (χ4v) is 4.70. The zero-order valence-electron chi connectivity index (χ0n) is 20.0. The van der Waals surface area contributed by atoms with Crippen molar-refractivity contribution in [2.75, 3.05) is 32.7 Å². The molecule has 2 heterocycles. The Morgan fingerprint density at radius 3 is 2.54 bits per heavy atom. The minimum absolute atomic E-state index is 0.0747. The Hall–Kier alpha value is -3.40. The largest absolute Gasteiger partial charge is 0.466 e. The number of benzene rings is 1. The van der Waals surface area contributed by atoms with Crippen LogP contribution in [0.15, 0.2) is 53.7 Å². The number of fused-ring (bicyclic) bond motifs is 2. The monoisotopic (exact) mass is 479 g/mol. The number of carbonyl (C=O) groups excluding carboxylic acids is 3. The molecule has 0 saturated carbocycles. The van der Waals surface area contributed by atoms with Crippen LogP contribution >= 0.6 is 0 Å². The van der Waals surface area contributed by atoms with Gasteiger partial charge in [-0.25, -0.2) is 9.78 Å². The number of hydrogen-bond acceptors (Lipinski definition) is 9. The van der Waals surface area contributed by atoms with E-state index in [4.69, 9.17) is 9.47 Å². The van der Waals surface area contributed by atoms with Crippen molar-refractivity contribution >= 4 is 23.4 Å². The van der Waals surface area contributed by atoms with Gasteiger partial charge in [0, 0.05) is 23.7 Å². The number of hydrogen-bond donors (Lipinski definition) is 3. The smallest absolute Gasteiger partial charge is 0.350 e. The molecule has 2 aliphatic rings. The normalized spacial score (nSPS) is 23.2. The van der Waals surface area contributed by atoms with Gasteiger partial charge in [-0.3, -0.25) is 9.59 Å². The number of allylic oxidation sites excluding steroid dienone is 1. The highest BCUT2D eigenvalue weighted by atomic mass is 16.7. The Morgan fingerprint density at radius 2 is 1.89 bits per heavy atom. The predicted octanol–water partition coefficient (Wildman–Crippen LogP) is 2.06. The molecule has 0 unspecified atom stereocenters. The van der Waals surface area contributed by atoms with Crippen LogP contribution in [-0.4, -0.2) is 66.3 Å². The van der Waals surface area contributed by atoms with Crippen molar-refractivity contribution in [1.29, 1.82) is 0 Å². The number of aromatic nitrogens is 1. The average molecular weight is 480 g/mol. The van der Waals surface area contributed by atoms with Gasteiger partial charge in [-0.05, 0) is 50.1 Å². The molecule has 1 aromatic heterocycles. The van der Waals surface area contributed by atoms with Crippen molar-refractivity contribution in [3.05, 3.63) is 70.4 Å². The minimum atomic E-state index is -2.02. The van der Waals surface area contributed by atoms with Crippen molar-refractivity contribution < 1.29 is 29.0 Å². The molecule has 4 rings (SSSR count). The molecule has 2 atom stereocenters. The Kier molecular flexibility index (Phi) is 6.84. The number of ketones is 2. The Morgan fingerprint density at radius 1 is 1.17 bits per heavy atom. The van der Waals surface area contributed by atoms with Gasteiger partial charge < -0.3 is 25.2 Å². The summed E-state index contributed by atoms with van der Waals surface area (Å²) in [7, 11) is 2.99. The lowest BCUT2D eigenvalue weighted by Crippen LogP contribution is -2.50. The summed E-state index contributed by atoms with van der Waals surface area (Å²) in [4.78, 5) is 43.9. The summed E-state index contributed by atoms with van der Waals surface area (Å²) in [6, 6.07) is 10.2. The number of methoxy groups -OCH3 is 1. The molecule has 9 nitrogen and oxygen atoms in total. The van der Waals surface area contributed by atoms with Gasteiger partial charge in [0.15, 0.2) is 11.4 Å². The van der Waals surface area contributed by atoms with E-state index in [1.54, 1.807) is 24.4 Å². The highest BCUT2D eigenvalue weighted by Gasteiger charge is 2.85. The molecule has 1 aromatic carbocycles. The van der Waals surface area contributed by atoms with Crippen molar-refractivity contribution in [1.82, 2.24) is 10.3 Å². The molecular weight excluding hydrogens is 450 g/mol. The first-order valence-corrected chi connectivity index (χ1v) is 11.4. The van der Waals surface area contributed by atoms with Gasteiger partial charge in [-0.15, -0.1) is 0 Å². The first kappa shape index (κ1) is 24.7. The Labute approximate surface area is 203 Å². The second-order valence-corrected chi connectivity index (χ2v) is 8.78. The molecule has 0 spiro atoms. The van der Waals surface area contributed by atoms with Crippen LogP contribution in [0.1, 0.15) is 46.0 Å². The van der Waals surface area contributed by atoms with E-state index in [-0.39, 0.29) is 24.2 Å². The van der Waals surface area contributed by atoms with E-state index in [2.05, 4.69) is 15.6 Å². The number of nitrogens with one attached hydrogen (secondary N) is 2. The van der Waals surface area contributed by atoms with E-state index in [0.717, 1.165) is 24.1 Å². The van der Waals surface area contributed by atoms with Crippen LogP contribution in [0, 0.1) is 0 Å². The number of pyridine rings is 1. The maximum atomic E-state index is 13.5. The molecule has 1 fully saturated rings. The lowest BCUT2D eigenvalue weighted by molar-refractivity contribution is -0.145. The fourth-order valence-electron chi connectivity index (χ4n) is 4.70. The number of aliphatic hydroxyl groups is 1. The number of aryl methyl sites for hydroxylation is 1. The maximum absolute atomic E-state index is 13.5. The minimum Gasteiger partial charge on any atom is -0.466 e. The summed E-state index contributed by atoms with van der Waals surface area (Å²) in [5.74, 6) is -1.20. The van der Waals surface area contributed by atoms with Gasteiger partial charge in [0.1, 0.15) is 5.82 Å². The summed E-state index contributed by atoms with van der Waals surface area (Å²) < 4.78 is 10.7. The molecule has 184 valence electrons. The van der Waals surface area contributed by atoms with E-state index >= 15 is 0 Å². The molecule has 3 N–H and O–H groups in total. The number of esters is 1. The van der Waals surface area contributed by atoms with Gasteiger partial charge in [-0.2, -0.15) is 0 Å². The van der Waals surface area contributed by atoms with Gasteiger partial charge in [-0.1, -0.05) is 29.8 Å². The van der Waals surface area contributed by atoms with Crippen molar-refractivity contribution in [2.24, 2.45) is 0 Å². The summed E-state index contributed by atoms with van der Waals surface area (Å²) in [6.45, 7) is 2.13. The number of Topliss-reactive ketones (excluding diaryl/α,β-unsaturated/α-hetero) is 2. The number of ether oxygens (including phenoxy) is 2. The van der Waals surface area contributed by atoms with E-state index in [1.807, 2.05) is 26.1 Å². The van der Waals surface area contributed by atoms with E-state index in [1.165, 1.54) is 6.07 Å². The van der Waals surface area contributed by atoms with E-state index in [0.29, 0.717) is 25.1 Å². The van der Waals surface area contributed by atoms with Crippen LogP contribution in [0.4, 0.5) is 5.82 Å². The van der Waals surface area contributed by atoms with Crippen LogP contribution in [-0.2, 0) is 20.7 Å². The summed E-state index contributed by atoms with van der Waals surface area (Å²) in [6.07, 6.45) is 2.93. The third-order valence-corrected chi connectivity index (χ3v) is 6.75. The number of rotatable bonds is 10. The number of carbonyl (C=O) groups is 3. The van der Waals surface area contributed by atoms with Crippen molar-refractivity contribution in [2.45, 2.75) is 37.4 Å². The first-order valence-electron chi connectivity index (χ1n) is 11.4. The molecule has 35 heavy (non-hydrogen) atoms. The molecule has 0 amide bonds. The number of anilines is 1. The number of epoxide rings is 1. The number of nitrogens with zero attached hydrogens (tertiary/aromatic N) is 1. The van der Waals surface area contributed by atoms with Gasteiger partial charge >= 0.3 is 5.97 Å². The lowest BCUT2D eigenvalue weighted by Gasteiger charge is -2.24. The van der Waals surface area contributed by atoms with Gasteiger partial charge in [0.05, 0.1) is 20.4 Å². The number of aliphatic hydroxyl groups excluding tert-OH is 1. The molecule has 0 radical (unpaired) electrons. The summed E-state index contributed by atoms with van der Waals surface area (Å²) >= 11 is 0. The molecule has 1 aliphatic heterocycles. The molecule has 9 heteroatoms. The Bertz CT molecular complexity index is 1210. The SMILES string of the molecule is CNCNc1cc(CC/C(C)=C(\CO)C[C@@]23O[C@]2(C(=O)OC)C(=O)c2ccccc2C3=O)ccn1. The van der Waals surface area contributed by atoms with Crippen LogP contribution < -0.4 is 10.6 Å². The molecule has 0 bridgehead atoms. The molecule has 2 aromatic rings. The second kappa shape index (κ2) is 9.69. The van der Waals surface area contributed by atoms with Crippen LogP contribution in [0.2, 0.25) is 0 Å². The maximum Gasteiger partial charge on any atom is 0.350 e. The third kappa shape index (κ3) is 4.05. The molecule has 1 saturated heterocycles. The van der Waals surface area contributed by atoms with Gasteiger partial charge in [0.25, 0.3) is 5.60 Å². The summed E-state index contributed by atoms with van der Waals surface area (Å²) in [5.41, 5.74) is -0.919. The Balaban J connectivity index is 1.60. The van der Waals surface area contributed by atoms with Crippen LogP contribution in [0.25, 0.3) is 0 Å². The third-order valence-electron chi connectivity index (χ3n) is 6.75. The standard InChI is InChI=1S/C26H29N3O6/c1-16(8-9-17-10-11-28-21(12-17)29-15-27-2)18(14-30)13-25-22(31)19-6-4-5-7-20(19)23(32)26(25,35-25)24(33)34-3/h4-7,10-12,27,30H,8-9,13-15H2,1-3H3,(H,28,29)/b18-16-/t25-,26-/m0/s1. The van der Waals surface area contributed by atoms with Crippen molar-refractivity contribution in [3.8, 4) is 0 Å². The van der Waals surface area contributed by atoms with Crippen LogP contribution in [0.5, 0.6) is 0 Å². The fraction of sp³-hybridized carbons (Fsp3) is 0.385. The lowest BCUT2D eigenvalue weighted by atomic mass is 9.71. The molecule has 1 aliphatic carbocycles. The van der Waals surface area contributed by atoms with E-state index < -0.39 is 28.7 Å². The zero-order chi connectivity index (χ0) is 25.2. The molecular formula is C26H29N3O6. The average Bonchev–Trinajstić information content (AvgIpc) is 3.59. The van der Waals surface area contributed by atoms with Crippen molar-refractivity contribution in [3.63, 3.8) is 0 Å². The second-order valence-electron chi connectivity index (χ2n) is 8.78. The van der Waals surface area contributed by atoms with Gasteiger partial charge in [0.2, 0.25) is 5.78 Å². The highest BCUT2D eigenvalue weighted by molar-refractivity contribution is 6.32. The first-order chi connectivity index (χ1) is 16.8. The predicted molar refractivity (Wildman–Crippen MR) is 128 cm³/mol. The quantitative estimate of drug-likeness (QED) is 0.154. The zero-order valence-corrected chi connectivity index (χ0v) is 20.0. The highest BCUT2D eigenvalue weighted by Crippen LogP contribution is 2.59. The van der Waals surface area contributed by atoms with Crippen LogP contribution in [0.3, 0.4) is 0 Å².